The number of hydrogen-bond donors (Lipinski definition) is 0. The Kier molecular flexibility index (Phi) is 9.59. The summed E-state index contributed by atoms with van der Waals surface area (Å²) >= 11 is 1.22. The largest absolute Gasteiger partial charge is 0.494 e. The monoisotopic (exact) mass is 614 g/mol. The third-order valence-corrected chi connectivity index (χ3v) is 8.04. The van der Waals surface area contributed by atoms with E-state index in [0.717, 1.165) is 24.0 Å². The van der Waals surface area contributed by atoms with Crippen LogP contribution in [0.1, 0.15) is 68.3 Å². The van der Waals surface area contributed by atoms with Crippen molar-refractivity contribution in [3.63, 3.8) is 0 Å². The Balaban J connectivity index is 1.48. The van der Waals surface area contributed by atoms with E-state index in [1.54, 1.807) is 50.3 Å². The number of aromatic nitrogens is 1. The van der Waals surface area contributed by atoms with Crippen LogP contribution in [-0.2, 0) is 14.3 Å². The molecule has 10 heteroatoms. The molecule has 1 aliphatic heterocycles. The van der Waals surface area contributed by atoms with Crippen LogP contribution in [0.2, 0.25) is 0 Å². The molecule has 5 rings (SSSR count). The summed E-state index contributed by atoms with van der Waals surface area (Å²) < 4.78 is 24.2. The van der Waals surface area contributed by atoms with Crippen molar-refractivity contribution < 1.29 is 28.2 Å². The lowest BCUT2D eigenvalue weighted by molar-refractivity contribution is -0.139. The molecule has 0 saturated carbocycles. The van der Waals surface area contributed by atoms with Gasteiger partial charge in [0.2, 0.25) is 0 Å². The molecule has 1 atom stereocenters. The molecule has 0 amide bonds. The second-order valence-corrected chi connectivity index (χ2v) is 11.1. The van der Waals surface area contributed by atoms with Gasteiger partial charge in [0.15, 0.2) is 4.80 Å². The molecule has 0 bridgehead atoms. The van der Waals surface area contributed by atoms with Gasteiger partial charge in [0.1, 0.15) is 17.3 Å². The molecule has 0 unspecified atom stereocenters. The number of ether oxygens (including phenoxy) is 3. The van der Waals surface area contributed by atoms with E-state index < -0.39 is 12.0 Å². The molecular formula is C34H34N2O7S. The van der Waals surface area contributed by atoms with Crippen LogP contribution in [0.3, 0.4) is 0 Å². The molecule has 4 aromatic rings. The highest BCUT2D eigenvalue weighted by atomic mass is 32.1. The average Bonchev–Trinajstić information content (AvgIpc) is 3.61. The van der Waals surface area contributed by atoms with Gasteiger partial charge in [0.25, 0.3) is 5.56 Å². The summed E-state index contributed by atoms with van der Waals surface area (Å²) in [4.78, 5) is 44.3. The lowest BCUT2D eigenvalue weighted by atomic mass is 9.96. The van der Waals surface area contributed by atoms with Gasteiger partial charge < -0.3 is 18.6 Å². The minimum atomic E-state index is -0.720. The maximum Gasteiger partial charge on any atom is 0.338 e. The first-order valence-electron chi connectivity index (χ1n) is 14.6. The normalized spacial score (nSPS) is 14.6. The van der Waals surface area contributed by atoms with Gasteiger partial charge >= 0.3 is 11.9 Å². The van der Waals surface area contributed by atoms with Gasteiger partial charge in [-0.25, -0.2) is 14.6 Å². The van der Waals surface area contributed by atoms with Crippen LogP contribution in [0, 0.1) is 0 Å². The zero-order valence-electron chi connectivity index (χ0n) is 25.1. The van der Waals surface area contributed by atoms with Crippen molar-refractivity contribution in [1.29, 1.82) is 0 Å². The second kappa shape index (κ2) is 13.7. The van der Waals surface area contributed by atoms with E-state index in [-0.39, 0.29) is 18.1 Å². The van der Waals surface area contributed by atoms with Crippen molar-refractivity contribution in [2.75, 3.05) is 19.8 Å². The maximum absolute atomic E-state index is 13.9. The number of carbonyl (C=O) groups excluding carboxylic acids is 2. The fourth-order valence-corrected chi connectivity index (χ4v) is 5.92. The number of benzene rings is 2. The molecule has 3 heterocycles. The van der Waals surface area contributed by atoms with Crippen LogP contribution in [-0.4, -0.2) is 36.3 Å². The SMILES string of the molecule is CCCCOC(=O)c1ccc(-c2ccc(/C=c3\sc4n(c3=O)[C@H](c3ccc(OCC)cc3)C(C(=O)OCC)=C(C)N=4)o2)cc1. The molecule has 0 N–H and O–H groups in total. The standard InChI is InChI=1S/C34H34N2O7S/c1-5-8-19-42-32(38)24-11-9-22(10-12-24)27-18-17-26(43-27)20-28-31(37)36-30(23-13-15-25(16-14-23)40-6-2)29(33(39)41-7-3)21(4)35-34(36)44-28/h9-18,20,30H,5-8,19H2,1-4H3/b28-20-/t30-/m1/s1. The van der Waals surface area contributed by atoms with Crippen LogP contribution in [0.5, 0.6) is 5.75 Å². The van der Waals surface area contributed by atoms with Crippen molar-refractivity contribution in [3.8, 4) is 17.1 Å². The van der Waals surface area contributed by atoms with Crippen molar-refractivity contribution in [1.82, 2.24) is 4.57 Å². The lowest BCUT2D eigenvalue weighted by Gasteiger charge is -2.24. The predicted octanol–water partition coefficient (Wildman–Crippen LogP) is 5.41. The quantitative estimate of drug-likeness (QED) is 0.164. The predicted molar refractivity (Wildman–Crippen MR) is 167 cm³/mol. The molecule has 2 aromatic heterocycles. The van der Waals surface area contributed by atoms with Gasteiger partial charge in [-0.3, -0.25) is 9.36 Å². The highest BCUT2D eigenvalue weighted by Gasteiger charge is 2.33. The van der Waals surface area contributed by atoms with E-state index >= 15 is 0 Å². The first-order valence-corrected chi connectivity index (χ1v) is 15.5. The van der Waals surface area contributed by atoms with E-state index in [2.05, 4.69) is 4.99 Å². The van der Waals surface area contributed by atoms with Gasteiger partial charge in [0, 0.05) is 11.6 Å². The Hall–Kier alpha value is -4.70. The molecular weight excluding hydrogens is 580 g/mol. The van der Waals surface area contributed by atoms with Crippen molar-refractivity contribution >= 4 is 29.4 Å². The summed E-state index contributed by atoms with van der Waals surface area (Å²) in [7, 11) is 0. The van der Waals surface area contributed by atoms with E-state index in [9.17, 15) is 14.4 Å². The van der Waals surface area contributed by atoms with Gasteiger partial charge in [-0.2, -0.15) is 0 Å². The molecule has 0 aliphatic carbocycles. The van der Waals surface area contributed by atoms with Gasteiger partial charge in [-0.05, 0) is 69.2 Å². The maximum atomic E-state index is 13.9. The number of thiazole rings is 1. The third-order valence-electron chi connectivity index (χ3n) is 7.06. The van der Waals surface area contributed by atoms with Gasteiger partial charge in [-0.1, -0.05) is 48.9 Å². The van der Waals surface area contributed by atoms with E-state index in [1.165, 1.54) is 15.9 Å². The first kappa shape index (κ1) is 30.7. The summed E-state index contributed by atoms with van der Waals surface area (Å²) in [5, 5.41) is 0. The van der Waals surface area contributed by atoms with Crippen molar-refractivity contribution in [2.45, 2.75) is 46.6 Å². The number of unbranched alkanes of at least 4 members (excludes halogenated alkanes) is 1. The number of rotatable bonds is 11. The molecule has 0 fully saturated rings. The molecule has 228 valence electrons. The number of hydrogen-bond acceptors (Lipinski definition) is 9. The fourth-order valence-electron chi connectivity index (χ4n) is 4.90. The fraction of sp³-hybridized carbons (Fsp3) is 0.294. The highest BCUT2D eigenvalue weighted by Crippen LogP contribution is 2.32. The number of furan rings is 1. The van der Waals surface area contributed by atoms with Crippen LogP contribution in [0.15, 0.2) is 86.1 Å². The second-order valence-electron chi connectivity index (χ2n) is 10.1. The molecule has 2 aromatic carbocycles. The molecule has 0 spiro atoms. The third kappa shape index (κ3) is 6.45. The zero-order chi connectivity index (χ0) is 31.2. The Morgan fingerprint density at radius 2 is 1.70 bits per heavy atom. The Labute approximate surface area is 258 Å². The van der Waals surface area contributed by atoms with Gasteiger partial charge in [0.05, 0.1) is 47.2 Å². The average molecular weight is 615 g/mol. The number of fused-ring (bicyclic) bond motifs is 1. The van der Waals surface area contributed by atoms with Crippen LogP contribution in [0.25, 0.3) is 17.4 Å². The topological polar surface area (TPSA) is 109 Å². The molecule has 9 nitrogen and oxygen atoms in total. The molecule has 1 aliphatic rings. The number of allylic oxidation sites excluding steroid dienone is 1. The van der Waals surface area contributed by atoms with Crippen LogP contribution < -0.4 is 19.6 Å². The van der Waals surface area contributed by atoms with E-state index in [4.69, 9.17) is 18.6 Å². The summed E-state index contributed by atoms with van der Waals surface area (Å²) in [6, 6.07) is 17.2. The Morgan fingerprint density at radius 3 is 2.39 bits per heavy atom. The highest BCUT2D eigenvalue weighted by molar-refractivity contribution is 7.07. The van der Waals surface area contributed by atoms with Crippen LogP contribution >= 0.6 is 11.3 Å². The van der Waals surface area contributed by atoms with Gasteiger partial charge in [-0.15, -0.1) is 0 Å². The number of nitrogens with zero attached hydrogens (tertiary/aromatic N) is 2. The summed E-state index contributed by atoms with van der Waals surface area (Å²) in [6.07, 6.45) is 3.45. The lowest BCUT2D eigenvalue weighted by Crippen LogP contribution is -2.39. The molecule has 0 radical (unpaired) electrons. The van der Waals surface area contributed by atoms with Crippen LogP contribution in [0.4, 0.5) is 0 Å². The van der Waals surface area contributed by atoms with Crippen molar-refractivity contribution in [3.05, 3.63) is 109 Å². The summed E-state index contributed by atoms with van der Waals surface area (Å²) in [5.74, 6) is 0.885. The molecule has 44 heavy (non-hydrogen) atoms. The zero-order valence-corrected chi connectivity index (χ0v) is 25.9. The number of carbonyl (C=O) groups is 2. The molecule has 0 saturated heterocycles. The van der Waals surface area contributed by atoms with E-state index in [1.807, 2.05) is 44.2 Å². The first-order chi connectivity index (χ1) is 21.3. The van der Waals surface area contributed by atoms with E-state index in [0.29, 0.717) is 56.7 Å². The van der Waals surface area contributed by atoms with Crippen molar-refractivity contribution in [2.24, 2.45) is 4.99 Å². The minimum absolute atomic E-state index is 0.197. The minimum Gasteiger partial charge on any atom is -0.494 e. The number of esters is 2. The Morgan fingerprint density at radius 1 is 0.955 bits per heavy atom. The summed E-state index contributed by atoms with van der Waals surface area (Å²) in [6.45, 7) is 8.55. The smallest absolute Gasteiger partial charge is 0.338 e. The summed E-state index contributed by atoms with van der Waals surface area (Å²) in [5.41, 5.74) is 2.49. The Bertz CT molecular complexity index is 1860.